The van der Waals surface area contributed by atoms with Gasteiger partial charge in [0.2, 0.25) is 11.8 Å². The highest BCUT2D eigenvalue weighted by molar-refractivity contribution is 5.96. The van der Waals surface area contributed by atoms with Crippen LogP contribution in [0.15, 0.2) is 65.6 Å². The summed E-state index contributed by atoms with van der Waals surface area (Å²) in [7, 11) is 2.61. The summed E-state index contributed by atoms with van der Waals surface area (Å²) in [6, 6.07) is 7.06. The Morgan fingerprint density at radius 3 is 2.64 bits per heavy atom. The summed E-state index contributed by atoms with van der Waals surface area (Å²) in [5.41, 5.74) is -0.170. The lowest BCUT2D eigenvalue weighted by Gasteiger charge is -2.17. The van der Waals surface area contributed by atoms with E-state index in [4.69, 9.17) is 4.74 Å². The molecule has 0 aliphatic heterocycles. The van der Waals surface area contributed by atoms with Crippen molar-refractivity contribution in [2.24, 2.45) is 0 Å². The number of anilines is 1. The van der Waals surface area contributed by atoms with Crippen molar-refractivity contribution in [3.05, 3.63) is 100 Å². The lowest BCUT2D eigenvalue weighted by molar-refractivity contribution is -0.118. The molecule has 45 heavy (non-hydrogen) atoms. The number of hydrogen-bond donors (Lipinski definition) is 4. The number of imidazole rings is 1. The molecule has 4 aromatic rings. The van der Waals surface area contributed by atoms with Gasteiger partial charge in [0.05, 0.1) is 19.2 Å². The number of likely N-dealkylation sites (N-methyl/N-ethyl adjacent to an activating group) is 1. The Morgan fingerprint density at radius 2 is 1.91 bits per heavy atom. The lowest BCUT2D eigenvalue weighted by Crippen LogP contribution is -2.44. The molecular weight excluding hydrogens is 597 g/mol. The number of fused-ring (bicyclic) bond motifs is 1. The van der Waals surface area contributed by atoms with Gasteiger partial charge >= 0.3 is 6.09 Å². The highest BCUT2D eigenvalue weighted by Gasteiger charge is 2.22. The summed E-state index contributed by atoms with van der Waals surface area (Å²) in [4.78, 5) is 56.8. The fraction of sp³-hybridized carbons (Fsp3) is 0.233. The number of pyridine rings is 1. The molecule has 2 aromatic carbocycles. The van der Waals surface area contributed by atoms with Gasteiger partial charge in [-0.1, -0.05) is 6.08 Å². The molecular formula is C30H29F3N6O6. The van der Waals surface area contributed by atoms with E-state index in [0.29, 0.717) is 6.07 Å². The largest absolute Gasteiger partial charge is 0.486 e. The Labute approximate surface area is 254 Å². The third-order valence-corrected chi connectivity index (χ3v) is 6.49. The van der Waals surface area contributed by atoms with Crippen molar-refractivity contribution in [1.82, 2.24) is 25.2 Å². The fourth-order valence-corrected chi connectivity index (χ4v) is 4.23. The number of halogens is 3. The van der Waals surface area contributed by atoms with Gasteiger partial charge in [0.25, 0.3) is 5.56 Å². The van der Waals surface area contributed by atoms with E-state index in [-0.39, 0.29) is 65.8 Å². The number of nitrogens with one attached hydrogen (secondary N) is 4. The summed E-state index contributed by atoms with van der Waals surface area (Å²) in [6.07, 6.45) is 3.77. The number of alkyl carbamates (subject to hydrolysis) is 1. The molecule has 0 saturated carbocycles. The van der Waals surface area contributed by atoms with E-state index < -0.39 is 41.1 Å². The molecule has 0 aliphatic rings. The summed E-state index contributed by atoms with van der Waals surface area (Å²) in [5.74, 6) is -3.01. The zero-order chi connectivity index (χ0) is 32.5. The number of amides is 3. The van der Waals surface area contributed by atoms with E-state index in [1.807, 2.05) is 0 Å². The topological polar surface area (TPSA) is 156 Å². The number of methoxy groups -OCH3 is 1. The molecule has 0 spiro atoms. The molecule has 0 fully saturated rings. The first kappa shape index (κ1) is 32.3. The lowest BCUT2D eigenvalue weighted by atomic mass is 10.1. The molecule has 1 atom stereocenters. The summed E-state index contributed by atoms with van der Waals surface area (Å²) in [5, 5.41) is 7.33. The highest BCUT2D eigenvalue weighted by Crippen LogP contribution is 2.27. The molecule has 3 amide bonds. The number of carbonyl (C=O) groups excluding carboxylic acids is 3. The molecule has 0 radical (unpaired) electrons. The van der Waals surface area contributed by atoms with Crippen molar-refractivity contribution in [2.75, 3.05) is 19.5 Å². The molecule has 12 nitrogen and oxygen atoms in total. The van der Waals surface area contributed by atoms with Crippen molar-refractivity contribution < 1.29 is 37.0 Å². The van der Waals surface area contributed by atoms with Gasteiger partial charge in [-0.05, 0) is 49.2 Å². The smallest absolute Gasteiger partial charge is 0.407 e. The molecule has 4 N–H and O–H groups in total. The van der Waals surface area contributed by atoms with Crippen LogP contribution in [-0.2, 0) is 27.5 Å². The predicted molar refractivity (Wildman–Crippen MR) is 157 cm³/mol. The second-order valence-corrected chi connectivity index (χ2v) is 9.63. The van der Waals surface area contributed by atoms with Gasteiger partial charge < -0.3 is 35.0 Å². The van der Waals surface area contributed by atoms with Crippen molar-refractivity contribution in [3.63, 3.8) is 0 Å². The van der Waals surface area contributed by atoms with Crippen molar-refractivity contribution in [1.29, 1.82) is 0 Å². The van der Waals surface area contributed by atoms with Gasteiger partial charge in [-0.15, -0.1) is 0 Å². The van der Waals surface area contributed by atoms with Crippen LogP contribution in [0, 0.1) is 17.5 Å². The molecule has 0 unspecified atom stereocenters. The summed E-state index contributed by atoms with van der Waals surface area (Å²) >= 11 is 0. The Hall–Kier alpha value is -5.60. The van der Waals surface area contributed by atoms with E-state index in [0.717, 1.165) is 19.2 Å². The van der Waals surface area contributed by atoms with Crippen LogP contribution in [0.3, 0.4) is 0 Å². The average Bonchev–Trinajstić information content (AvgIpc) is 3.41. The van der Waals surface area contributed by atoms with Crippen molar-refractivity contribution in [3.8, 4) is 5.75 Å². The second-order valence-electron chi connectivity index (χ2n) is 9.63. The Bertz CT molecular complexity index is 1800. The zero-order valence-corrected chi connectivity index (χ0v) is 24.2. The first-order valence-electron chi connectivity index (χ1n) is 13.6. The van der Waals surface area contributed by atoms with Gasteiger partial charge in [-0.3, -0.25) is 14.4 Å². The van der Waals surface area contributed by atoms with Gasteiger partial charge in [-0.25, -0.2) is 22.9 Å². The number of benzene rings is 2. The maximum atomic E-state index is 14.3. The quantitative estimate of drug-likeness (QED) is 0.175. The maximum Gasteiger partial charge on any atom is 0.407 e. The fourth-order valence-electron chi connectivity index (χ4n) is 4.23. The molecule has 2 heterocycles. The number of rotatable bonds is 12. The number of aromatic amines is 1. The molecule has 4 rings (SSSR count). The van der Waals surface area contributed by atoms with E-state index in [9.17, 15) is 32.3 Å². The Balaban J connectivity index is 1.50. The van der Waals surface area contributed by atoms with Crippen LogP contribution in [0.25, 0.3) is 11.0 Å². The van der Waals surface area contributed by atoms with Crippen molar-refractivity contribution in [2.45, 2.75) is 32.0 Å². The van der Waals surface area contributed by atoms with Gasteiger partial charge in [-0.2, -0.15) is 0 Å². The third kappa shape index (κ3) is 8.49. The minimum absolute atomic E-state index is 0.00102. The minimum Gasteiger partial charge on any atom is -0.486 e. The summed E-state index contributed by atoms with van der Waals surface area (Å²) < 4.78 is 53.1. The number of H-pyrrole nitrogens is 1. The first-order valence-corrected chi connectivity index (χ1v) is 13.6. The van der Waals surface area contributed by atoms with Crippen LogP contribution in [0.5, 0.6) is 5.75 Å². The maximum absolute atomic E-state index is 14.3. The molecule has 0 bridgehead atoms. The summed E-state index contributed by atoms with van der Waals surface area (Å²) in [6.45, 7) is -0.427. The monoisotopic (exact) mass is 626 g/mol. The third-order valence-electron chi connectivity index (χ3n) is 6.49. The van der Waals surface area contributed by atoms with E-state index in [1.165, 1.54) is 54.2 Å². The molecule has 2 aromatic heterocycles. The van der Waals surface area contributed by atoms with E-state index in [2.05, 4.69) is 30.7 Å². The number of nitrogens with zero attached hydrogens (tertiary/aromatic N) is 2. The van der Waals surface area contributed by atoms with Gasteiger partial charge in [0.1, 0.15) is 47.1 Å². The SMILES string of the molecule is CNC(=O)/C=C/CC[C@H](NC(=O)OC)C(=O)Nc1cccn(Cc2nc3c(OCc4ccc(F)cc4F)cc(F)cc3[nH]2)c1=O. The van der Waals surface area contributed by atoms with Gasteiger partial charge in [0, 0.05) is 30.9 Å². The Morgan fingerprint density at radius 1 is 1.11 bits per heavy atom. The Kier molecular flexibility index (Phi) is 10.6. The number of hydrogen-bond acceptors (Lipinski definition) is 7. The molecule has 0 saturated heterocycles. The second kappa shape index (κ2) is 14.7. The molecule has 0 aliphatic carbocycles. The van der Waals surface area contributed by atoms with Crippen LogP contribution >= 0.6 is 0 Å². The van der Waals surface area contributed by atoms with Crippen LogP contribution in [0.1, 0.15) is 24.2 Å². The molecule has 236 valence electrons. The normalized spacial score (nSPS) is 11.8. The number of aromatic nitrogens is 3. The minimum atomic E-state index is -1.09. The highest BCUT2D eigenvalue weighted by atomic mass is 19.1. The van der Waals surface area contributed by atoms with Crippen LogP contribution < -0.4 is 26.2 Å². The average molecular weight is 627 g/mol. The van der Waals surface area contributed by atoms with Gasteiger partial charge in [0.15, 0.2) is 5.75 Å². The van der Waals surface area contributed by atoms with Crippen molar-refractivity contribution >= 4 is 34.6 Å². The predicted octanol–water partition coefficient (Wildman–Crippen LogP) is 3.51. The van der Waals surface area contributed by atoms with Crippen LogP contribution in [-0.4, -0.2) is 52.6 Å². The zero-order valence-electron chi connectivity index (χ0n) is 24.2. The number of carbonyl (C=O) groups is 3. The first-order chi connectivity index (χ1) is 21.6. The number of ether oxygens (including phenoxy) is 2. The number of allylic oxidation sites excluding steroid dienone is 1. The van der Waals surface area contributed by atoms with E-state index >= 15 is 0 Å². The van der Waals surface area contributed by atoms with E-state index in [1.54, 1.807) is 0 Å². The van der Waals surface area contributed by atoms with Crippen LogP contribution in [0.2, 0.25) is 0 Å². The van der Waals surface area contributed by atoms with Crippen LogP contribution in [0.4, 0.5) is 23.7 Å². The molecule has 15 heteroatoms. The standard InChI is InChI=1S/C30H29F3N6O6/c1-34-26(40)8-4-3-6-21(37-30(43)44-2)28(41)36-22-7-5-11-39(29(22)42)15-25-35-23-13-19(32)14-24(27(23)38-25)45-16-17-9-10-18(31)12-20(17)33/h4-5,7-14,21H,3,6,15-16H2,1-2H3,(H,34,40)(H,35,38)(H,36,41)(H,37,43)/b8-4+/t21-/m0/s1.